The lowest BCUT2D eigenvalue weighted by molar-refractivity contribution is 0.531. The van der Waals surface area contributed by atoms with Crippen molar-refractivity contribution in [1.82, 2.24) is 5.32 Å². The van der Waals surface area contributed by atoms with Gasteiger partial charge in [-0.3, -0.25) is 0 Å². The van der Waals surface area contributed by atoms with Crippen LogP contribution >= 0.6 is 11.3 Å². The zero-order valence-corrected chi connectivity index (χ0v) is 13.2. The molecule has 0 spiro atoms. The number of nitrogens with one attached hydrogen (secondary N) is 1. The van der Waals surface area contributed by atoms with E-state index in [0.717, 1.165) is 0 Å². The summed E-state index contributed by atoms with van der Waals surface area (Å²) in [6.45, 7) is 0. The number of hydrogen-bond acceptors (Lipinski definition) is 2. The highest BCUT2D eigenvalue weighted by molar-refractivity contribution is 7.09. The van der Waals surface area contributed by atoms with Gasteiger partial charge in [0.05, 0.1) is 0 Å². The topological polar surface area (TPSA) is 12.0 Å². The van der Waals surface area contributed by atoms with Crippen LogP contribution in [0.25, 0.3) is 10.8 Å². The van der Waals surface area contributed by atoms with Gasteiger partial charge in [-0.25, -0.2) is 0 Å². The monoisotopic (exact) mass is 295 g/mol. The maximum Gasteiger partial charge on any atom is 0.0323 e. The summed E-state index contributed by atoms with van der Waals surface area (Å²) in [7, 11) is 2.07. The fourth-order valence-corrected chi connectivity index (χ4v) is 3.70. The van der Waals surface area contributed by atoms with Crippen LogP contribution in [-0.2, 0) is 6.42 Å². The van der Waals surface area contributed by atoms with Crippen molar-refractivity contribution >= 4 is 22.1 Å². The Kier molecular flexibility index (Phi) is 4.69. The summed E-state index contributed by atoms with van der Waals surface area (Å²) in [4.78, 5) is 1.49. The molecule has 0 aliphatic rings. The molecular formula is C19H21NS. The molecule has 0 radical (unpaired) electrons. The smallest absolute Gasteiger partial charge is 0.0323 e. The lowest BCUT2D eigenvalue weighted by Gasteiger charge is -2.18. The second-order valence-corrected chi connectivity index (χ2v) is 6.41. The summed E-state index contributed by atoms with van der Waals surface area (Å²) in [5, 5.41) is 8.35. The van der Waals surface area contributed by atoms with Crippen molar-refractivity contribution < 1.29 is 0 Å². The number of fused-ring (bicyclic) bond motifs is 1. The summed E-state index contributed by atoms with van der Waals surface area (Å²) < 4.78 is 0. The van der Waals surface area contributed by atoms with Crippen molar-refractivity contribution in [2.45, 2.75) is 25.3 Å². The number of hydrogen-bond donors (Lipinski definition) is 1. The van der Waals surface area contributed by atoms with E-state index < -0.39 is 0 Å². The predicted octanol–water partition coefficient (Wildman–Crippen LogP) is 5.18. The van der Waals surface area contributed by atoms with Crippen molar-refractivity contribution in [3.05, 3.63) is 70.4 Å². The molecule has 1 aromatic heterocycles. The Morgan fingerprint density at radius 3 is 2.67 bits per heavy atom. The van der Waals surface area contributed by atoms with Gasteiger partial charge in [-0.15, -0.1) is 11.3 Å². The summed E-state index contributed by atoms with van der Waals surface area (Å²) in [5.41, 5.74) is 1.42. The third-order valence-corrected chi connectivity index (χ3v) is 4.98. The molecule has 1 unspecified atom stereocenters. The highest BCUT2D eigenvalue weighted by atomic mass is 32.1. The van der Waals surface area contributed by atoms with Gasteiger partial charge in [-0.1, -0.05) is 48.5 Å². The van der Waals surface area contributed by atoms with Gasteiger partial charge in [-0.2, -0.15) is 0 Å². The standard InChI is InChI=1S/C19H21NS/c1-20-19(13-5-9-16-10-6-14-21-16)18-12-4-8-15-7-2-3-11-17(15)18/h2-4,6-8,10-12,14,19-20H,5,9,13H2,1H3. The molecule has 1 nitrogen and oxygen atoms in total. The summed E-state index contributed by atoms with van der Waals surface area (Å²) in [6.07, 6.45) is 3.57. The molecule has 21 heavy (non-hydrogen) atoms. The largest absolute Gasteiger partial charge is 0.313 e. The number of thiophene rings is 1. The van der Waals surface area contributed by atoms with E-state index in [1.54, 1.807) is 0 Å². The minimum Gasteiger partial charge on any atom is -0.313 e. The van der Waals surface area contributed by atoms with Crippen molar-refractivity contribution in [2.24, 2.45) is 0 Å². The van der Waals surface area contributed by atoms with Crippen molar-refractivity contribution in [2.75, 3.05) is 7.05 Å². The van der Waals surface area contributed by atoms with Crippen LogP contribution in [0.15, 0.2) is 60.0 Å². The van der Waals surface area contributed by atoms with Crippen molar-refractivity contribution in [1.29, 1.82) is 0 Å². The fraction of sp³-hybridized carbons (Fsp3) is 0.263. The molecule has 0 bridgehead atoms. The first-order valence-corrected chi connectivity index (χ1v) is 8.44. The second kappa shape index (κ2) is 6.88. The summed E-state index contributed by atoms with van der Waals surface area (Å²) >= 11 is 1.86. The molecule has 3 rings (SSSR count). The van der Waals surface area contributed by atoms with Crippen LogP contribution in [0, 0.1) is 0 Å². The molecule has 2 aromatic carbocycles. The van der Waals surface area contributed by atoms with Crippen LogP contribution in [0.2, 0.25) is 0 Å². The van der Waals surface area contributed by atoms with Gasteiger partial charge in [0.25, 0.3) is 0 Å². The Balaban J connectivity index is 1.75. The molecule has 0 fully saturated rings. The van der Waals surface area contributed by atoms with E-state index in [9.17, 15) is 0 Å². The van der Waals surface area contributed by atoms with Gasteiger partial charge >= 0.3 is 0 Å². The van der Waals surface area contributed by atoms with Gasteiger partial charge in [0, 0.05) is 10.9 Å². The molecule has 3 aromatic rings. The Bertz CT molecular complexity index is 682. The van der Waals surface area contributed by atoms with E-state index in [2.05, 4.69) is 72.3 Å². The second-order valence-electron chi connectivity index (χ2n) is 5.38. The van der Waals surface area contributed by atoms with E-state index in [1.165, 1.54) is 40.5 Å². The van der Waals surface area contributed by atoms with Gasteiger partial charge in [-0.05, 0) is 54.1 Å². The SMILES string of the molecule is CNC(CCCc1cccs1)c1cccc2ccccc12. The minimum atomic E-state index is 0.427. The maximum atomic E-state index is 3.49. The molecule has 1 heterocycles. The molecule has 0 aliphatic heterocycles. The van der Waals surface area contributed by atoms with Crippen LogP contribution in [0.1, 0.15) is 29.3 Å². The Hall–Kier alpha value is -1.64. The molecular weight excluding hydrogens is 274 g/mol. The first-order chi connectivity index (χ1) is 10.4. The Morgan fingerprint density at radius 1 is 1.00 bits per heavy atom. The average molecular weight is 295 g/mol. The van der Waals surface area contributed by atoms with Crippen LogP contribution in [-0.4, -0.2) is 7.05 Å². The molecule has 0 aliphatic carbocycles. The molecule has 1 N–H and O–H groups in total. The first kappa shape index (κ1) is 14.3. The van der Waals surface area contributed by atoms with Gasteiger partial charge in [0.15, 0.2) is 0 Å². The van der Waals surface area contributed by atoms with E-state index in [-0.39, 0.29) is 0 Å². The van der Waals surface area contributed by atoms with Crippen molar-refractivity contribution in [3.63, 3.8) is 0 Å². The molecule has 0 amide bonds. The van der Waals surface area contributed by atoms with Gasteiger partial charge in [0.1, 0.15) is 0 Å². The lowest BCUT2D eigenvalue weighted by atomic mass is 9.95. The number of rotatable bonds is 6. The van der Waals surface area contributed by atoms with E-state index >= 15 is 0 Å². The Morgan fingerprint density at radius 2 is 1.86 bits per heavy atom. The van der Waals surface area contributed by atoms with E-state index in [0.29, 0.717) is 6.04 Å². The van der Waals surface area contributed by atoms with E-state index in [1.807, 2.05) is 11.3 Å². The summed E-state index contributed by atoms with van der Waals surface area (Å²) in [5.74, 6) is 0. The summed E-state index contributed by atoms with van der Waals surface area (Å²) in [6, 6.07) is 20.1. The molecule has 0 saturated carbocycles. The lowest BCUT2D eigenvalue weighted by Crippen LogP contribution is -2.16. The van der Waals surface area contributed by atoms with Crippen LogP contribution in [0.3, 0.4) is 0 Å². The van der Waals surface area contributed by atoms with Gasteiger partial charge in [0.2, 0.25) is 0 Å². The highest BCUT2D eigenvalue weighted by Crippen LogP contribution is 2.27. The van der Waals surface area contributed by atoms with Crippen LogP contribution in [0.5, 0.6) is 0 Å². The first-order valence-electron chi connectivity index (χ1n) is 7.56. The third-order valence-electron chi connectivity index (χ3n) is 4.04. The molecule has 2 heteroatoms. The number of aryl methyl sites for hydroxylation is 1. The quantitative estimate of drug-likeness (QED) is 0.660. The zero-order chi connectivity index (χ0) is 14.5. The minimum absolute atomic E-state index is 0.427. The van der Waals surface area contributed by atoms with Crippen molar-refractivity contribution in [3.8, 4) is 0 Å². The number of benzene rings is 2. The Labute approximate surface area is 130 Å². The van der Waals surface area contributed by atoms with Crippen LogP contribution in [0.4, 0.5) is 0 Å². The molecule has 0 saturated heterocycles. The maximum absolute atomic E-state index is 3.49. The molecule has 108 valence electrons. The van der Waals surface area contributed by atoms with Gasteiger partial charge < -0.3 is 5.32 Å². The highest BCUT2D eigenvalue weighted by Gasteiger charge is 2.12. The average Bonchev–Trinajstić information content (AvgIpc) is 3.05. The molecule has 1 atom stereocenters. The third kappa shape index (κ3) is 3.34. The predicted molar refractivity (Wildman–Crippen MR) is 93.0 cm³/mol. The van der Waals surface area contributed by atoms with Crippen LogP contribution < -0.4 is 5.32 Å². The normalized spacial score (nSPS) is 12.6. The zero-order valence-electron chi connectivity index (χ0n) is 12.4. The van der Waals surface area contributed by atoms with E-state index in [4.69, 9.17) is 0 Å². The fourth-order valence-electron chi connectivity index (χ4n) is 2.94.